The van der Waals surface area contributed by atoms with Crippen LogP contribution in [0.4, 0.5) is 0 Å². The van der Waals surface area contributed by atoms with Gasteiger partial charge in [-0.15, -0.1) is 0 Å². The minimum absolute atomic E-state index is 0.103. The van der Waals surface area contributed by atoms with E-state index >= 15 is 0 Å². The number of hydrogen-bond acceptors (Lipinski definition) is 3. The molecule has 4 nitrogen and oxygen atoms in total. The minimum atomic E-state index is -3.29. The Morgan fingerprint density at radius 2 is 1.88 bits per heavy atom. The summed E-state index contributed by atoms with van der Waals surface area (Å²) < 4.78 is 23.1. The maximum atomic E-state index is 12.0. The van der Waals surface area contributed by atoms with E-state index in [1.165, 1.54) is 12.1 Å². The first-order valence-electron chi connectivity index (χ1n) is 5.18. The van der Waals surface area contributed by atoms with Gasteiger partial charge in [-0.05, 0) is 38.5 Å². The van der Waals surface area contributed by atoms with Crippen LogP contribution in [0, 0.1) is 0 Å². The van der Waals surface area contributed by atoms with Gasteiger partial charge in [-0.25, -0.2) is 13.2 Å². The number of hydrogen-bond donors (Lipinski definition) is 1. The van der Waals surface area contributed by atoms with E-state index in [0.29, 0.717) is 5.56 Å². The highest BCUT2D eigenvalue weighted by atomic mass is 32.2. The number of rotatable bonds is 3. The standard InChI is InChI=1S/C12H16O4S/c1-12(2,3)17(15,16)8-9-5-4-6-10(7-9)11(13)14/h4-7H,8H2,1-3H3,(H,13,14). The van der Waals surface area contributed by atoms with Crippen molar-refractivity contribution in [3.05, 3.63) is 35.4 Å². The Balaban J connectivity index is 3.05. The van der Waals surface area contributed by atoms with Gasteiger partial charge in [0.1, 0.15) is 0 Å². The molecule has 0 saturated carbocycles. The topological polar surface area (TPSA) is 71.4 Å². The molecular formula is C12H16O4S. The molecule has 0 aliphatic carbocycles. The number of benzene rings is 1. The fraction of sp³-hybridized carbons (Fsp3) is 0.417. The van der Waals surface area contributed by atoms with Gasteiger partial charge in [0.25, 0.3) is 0 Å². The van der Waals surface area contributed by atoms with E-state index in [0.717, 1.165) is 0 Å². The first kappa shape index (κ1) is 13.7. The number of sulfone groups is 1. The minimum Gasteiger partial charge on any atom is -0.478 e. The zero-order chi connectivity index (χ0) is 13.3. The summed E-state index contributed by atoms with van der Waals surface area (Å²) in [6.07, 6.45) is 0. The lowest BCUT2D eigenvalue weighted by Crippen LogP contribution is -2.29. The molecule has 0 amide bonds. The van der Waals surface area contributed by atoms with Gasteiger partial charge in [0.05, 0.1) is 16.1 Å². The van der Waals surface area contributed by atoms with Gasteiger partial charge < -0.3 is 5.11 Å². The molecule has 0 aliphatic rings. The van der Waals surface area contributed by atoms with Gasteiger partial charge >= 0.3 is 5.97 Å². The van der Waals surface area contributed by atoms with Crippen molar-refractivity contribution in [3.8, 4) is 0 Å². The van der Waals surface area contributed by atoms with Gasteiger partial charge in [0.2, 0.25) is 0 Å². The lowest BCUT2D eigenvalue weighted by molar-refractivity contribution is 0.0696. The molecule has 1 rings (SSSR count). The molecule has 0 saturated heterocycles. The summed E-state index contributed by atoms with van der Waals surface area (Å²) in [5.74, 6) is -1.20. The molecule has 0 heterocycles. The lowest BCUT2D eigenvalue weighted by Gasteiger charge is -2.19. The number of aromatic carboxylic acids is 1. The Bertz CT molecular complexity index is 524. The van der Waals surface area contributed by atoms with Gasteiger partial charge in [0.15, 0.2) is 9.84 Å². The summed E-state index contributed by atoms with van der Waals surface area (Å²) in [5, 5.41) is 8.82. The van der Waals surface area contributed by atoms with Crippen LogP contribution >= 0.6 is 0 Å². The van der Waals surface area contributed by atoms with Crippen LogP contribution in [0.25, 0.3) is 0 Å². The molecule has 0 unspecified atom stereocenters. The zero-order valence-corrected chi connectivity index (χ0v) is 10.9. The van der Waals surface area contributed by atoms with Crippen molar-refractivity contribution in [1.82, 2.24) is 0 Å². The van der Waals surface area contributed by atoms with Crippen molar-refractivity contribution in [3.63, 3.8) is 0 Å². The Hall–Kier alpha value is -1.36. The van der Waals surface area contributed by atoms with Crippen molar-refractivity contribution < 1.29 is 18.3 Å². The van der Waals surface area contributed by atoms with Crippen LogP contribution in [-0.2, 0) is 15.6 Å². The highest BCUT2D eigenvalue weighted by molar-refractivity contribution is 7.91. The molecular weight excluding hydrogens is 240 g/mol. The zero-order valence-electron chi connectivity index (χ0n) is 10.1. The van der Waals surface area contributed by atoms with E-state index in [4.69, 9.17) is 5.11 Å². The molecule has 94 valence electrons. The van der Waals surface area contributed by atoms with E-state index < -0.39 is 20.6 Å². The second-order valence-corrected chi connectivity index (χ2v) is 7.62. The SMILES string of the molecule is CC(C)(C)S(=O)(=O)Cc1cccc(C(=O)O)c1. The monoisotopic (exact) mass is 256 g/mol. The molecule has 5 heteroatoms. The quantitative estimate of drug-likeness (QED) is 0.899. The second kappa shape index (κ2) is 4.49. The van der Waals surface area contributed by atoms with Crippen molar-refractivity contribution in [1.29, 1.82) is 0 Å². The molecule has 1 N–H and O–H groups in total. The van der Waals surface area contributed by atoms with Crippen LogP contribution in [0.5, 0.6) is 0 Å². The summed E-state index contributed by atoms with van der Waals surface area (Å²) in [4.78, 5) is 10.8. The average Bonchev–Trinajstić information content (AvgIpc) is 2.15. The van der Waals surface area contributed by atoms with Crippen LogP contribution in [0.1, 0.15) is 36.7 Å². The third-order valence-electron chi connectivity index (χ3n) is 2.46. The summed E-state index contributed by atoms with van der Waals surface area (Å²) in [6, 6.07) is 6.01. The Labute approximate surface area is 101 Å². The van der Waals surface area contributed by atoms with Crippen molar-refractivity contribution in [2.75, 3.05) is 0 Å². The lowest BCUT2D eigenvalue weighted by atomic mass is 10.1. The molecule has 1 aromatic rings. The molecule has 17 heavy (non-hydrogen) atoms. The highest BCUT2D eigenvalue weighted by Crippen LogP contribution is 2.20. The molecule has 0 aliphatic heterocycles. The first-order valence-corrected chi connectivity index (χ1v) is 6.83. The molecule has 0 atom stereocenters. The fourth-order valence-electron chi connectivity index (χ4n) is 1.23. The van der Waals surface area contributed by atoms with Crippen LogP contribution in [0.15, 0.2) is 24.3 Å². The highest BCUT2D eigenvalue weighted by Gasteiger charge is 2.29. The van der Waals surface area contributed by atoms with Crippen molar-refractivity contribution in [2.45, 2.75) is 31.3 Å². The Morgan fingerprint density at radius 3 is 2.35 bits per heavy atom. The van der Waals surface area contributed by atoms with Gasteiger partial charge in [-0.3, -0.25) is 0 Å². The number of carboxylic acid groups (broad SMARTS) is 1. The number of carboxylic acids is 1. The van der Waals surface area contributed by atoms with E-state index in [1.54, 1.807) is 32.9 Å². The van der Waals surface area contributed by atoms with Crippen LogP contribution < -0.4 is 0 Å². The molecule has 0 radical (unpaired) electrons. The summed E-state index contributed by atoms with van der Waals surface area (Å²) >= 11 is 0. The normalized spacial score (nSPS) is 12.4. The van der Waals surface area contributed by atoms with E-state index in [1.807, 2.05) is 0 Å². The Morgan fingerprint density at radius 1 is 1.29 bits per heavy atom. The van der Waals surface area contributed by atoms with E-state index in [2.05, 4.69) is 0 Å². The molecule has 0 fully saturated rings. The molecule has 1 aromatic carbocycles. The van der Waals surface area contributed by atoms with Gasteiger partial charge in [0, 0.05) is 0 Å². The van der Waals surface area contributed by atoms with Crippen LogP contribution in [-0.4, -0.2) is 24.2 Å². The molecule has 0 spiro atoms. The number of carbonyl (C=O) groups is 1. The maximum Gasteiger partial charge on any atom is 0.335 e. The predicted octanol–water partition coefficient (Wildman–Crippen LogP) is 2.10. The fourth-order valence-corrected chi connectivity index (χ4v) is 2.28. The third-order valence-corrected chi connectivity index (χ3v) is 5.04. The van der Waals surface area contributed by atoms with Crippen molar-refractivity contribution >= 4 is 15.8 Å². The predicted molar refractivity (Wildman–Crippen MR) is 65.8 cm³/mol. The molecule has 0 bridgehead atoms. The summed E-state index contributed by atoms with van der Waals surface area (Å²) in [7, 11) is -3.29. The first-order chi connectivity index (χ1) is 7.63. The third kappa shape index (κ3) is 3.30. The van der Waals surface area contributed by atoms with Gasteiger partial charge in [-0.1, -0.05) is 12.1 Å². The van der Waals surface area contributed by atoms with E-state index in [-0.39, 0.29) is 11.3 Å². The smallest absolute Gasteiger partial charge is 0.335 e. The van der Waals surface area contributed by atoms with E-state index in [9.17, 15) is 13.2 Å². The molecule has 0 aromatic heterocycles. The maximum absolute atomic E-state index is 12.0. The largest absolute Gasteiger partial charge is 0.478 e. The second-order valence-electron chi connectivity index (χ2n) is 4.88. The summed E-state index contributed by atoms with van der Waals surface area (Å²) in [5.41, 5.74) is 0.603. The average molecular weight is 256 g/mol. The Kier molecular flexibility index (Phi) is 3.62. The van der Waals surface area contributed by atoms with Crippen molar-refractivity contribution in [2.24, 2.45) is 0 Å². The van der Waals surface area contributed by atoms with Crippen LogP contribution in [0.2, 0.25) is 0 Å². The summed E-state index contributed by atoms with van der Waals surface area (Å²) in [6.45, 7) is 4.89. The van der Waals surface area contributed by atoms with Crippen LogP contribution in [0.3, 0.4) is 0 Å². The van der Waals surface area contributed by atoms with Gasteiger partial charge in [-0.2, -0.15) is 0 Å².